The molecule has 1 fully saturated rings. The number of nitrogens with one attached hydrogen (secondary N) is 1. The molecule has 3 rings (SSSR count). The fourth-order valence-corrected chi connectivity index (χ4v) is 3.61. The lowest BCUT2D eigenvalue weighted by atomic mass is 9.93. The SMILES string of the molecule is Cc1ccc(C(=N)N2CCC(F)(CO)CC2)c(C(N)=NCc2ccc(O)c(C)c2)c1. The minimum absolute atomic E-state index is 0.191. The Hall–Kier alpha value is -2.93. The molecule has 0 amide bonds. The van der Waals surface area contributed by atoms with Crippen molar-refractivity contribution in [2.75, 3.05) is 19.7 Å². The van der Waals surface area contributed by atoms with Crippen molar-refractivity contribution in [3.05, 3.63) is 64.2 Å². The van der Waals surface area contributed by atoms with Crippen molar-refractivity contribution in [2.45, 2.75) is 38.9 Å². The van der Waals surface area contributed by atoms with Gasteiger partial charge in [0.2, 0.25) is 0 Å². The molecule has 0 spiro atoms. The summed E-state index contributed by atoms with van der Waals surface area (Å²) in [7, 11) is 0. The van der Waals surface area contributed by atoms with Crippen molar-refractivity contribution < 1.29 is 14.6 Å². The number of phenolic OH excluding ortho intramolecular Hbond substituents is 1. The number of aliphatic hydroxyl groups is 1. The van der Waals surface area contributed by atoms with E-state index in [2.05, 4.69) is 4.99 Å². The smallest absolute Gasteiger partial charge is 0.137 e. The van der Waals surface area contributed by atoms with Crippen LogP contribution in [0.3, 0.4) is 0 Å². The molecule has 0 bridgehead atoms. The normalized spacial score (nSPS) is 16.5. The third-order valence-electron chi connectivity index (χ3n) is 5.66. The average molecular weight is 413 g/mol. The quantitative estimate of drug-likeness (QED) is 0.447. The Kier molecular flexibility index (Phi) is 6.41. The van der Waals surface area contributed by atoms with Crippen molar-refractivity contribution in [1.29, 1.82) is 5.41 Å². The molecule has 30 heavy (non-hydrogen) atoms. The van der Waals surface area contributed by atoms with E-state index in [0.717, 1.165) is 16.7 Å². The van der Waals surface area contributed by atoms with Crippen LogP contribution < -0.4 is 5.73 Å². The number of halogens is 1. The first-order chi connectivity index (χ1) is 14.2. The number of rotatable bonds is 5. The first kappa shape index (κ1) is 21.8. The predicted octanol–water partition coefficient (Wildman–Crippen LogP) is 3.04. The molecule has 6 nitrogen and oxygen atoms in total. The molecule has 0 atom stereocenters. The van der Waals surface area contributed by atoms with E-state index in [0.29, 0.717) is 36.6 Å². The van der Waals surface area contributed by atoms with Gasteiger partial charge in [-0.1, -0.05) is 29.8 Å². The summed E-state index contributed by atoms with van der Waals surface area (Å²) >= 11 is 0. The van der Waals surface area contributed by atoms with E-state index in [1.54, 1.807) is 12.1 Å². The van der Waals surface area contributed by atoms with Gasteiger partial charge >= 0.3 is 0 Å². The number of hydrogen-bond acceptors (Lipinski definition) is 4. The number of piperidine rings is 1. The highest BCUT2D eigenvalue weighted by Crippen LogP contribution is 2.27. The Bertz CT molecular complexity index is 966. The van der Waals surface area contributed by atoms with Crippen LogP contribution in [0.2, 0.25) is 0 Å². The Morgan fingerprint density at radius 3 is 2.50 bits per heavy atom. The van der Waals surface area contributed by atoms with Gasteiger partial charge in [0.05, 0.1) is 13.2 Å². The minimum atomic E-state index is -1.56. The van der Waals surface area contributed by atoms with Crippen LogP contribution in [0.4, 0.5) is 4.39 Å². The van der Waals surface area contributed by atoms with Crippen LogP contribution in [0.15, 0.2) is 41.4 Å². The fraction of sp³-hybridized carbons (Fsp3) is 0.391. The zero-order chi connectivity index (χ0) is 21.9. The second kappa shape index (κ2) is 8.83. The van der Waals surface area contributed by atoms with Gasteiger partial charge in [0.15, 0.2) is 0 Å². The number of aliphatic imine (C=N–C) groups is 1. The van der Waals surface area contributed by atoms with Crippen LogP contribution >= 0.6 is 0 Å². The maximum absolute atomic E-state index is 14.3. The molecule has 0 aromatic heterocycles. The largest absolute Gasteiger partial charge is 0.508 e. The number of hydrogen-bond donors (Lipinski definition) is 4. The first-order valence-corrected chi connectivity index (χ1v) is 10.1. The number of alkyl halides is 1. The van der Waals surface area contributed by atoms with Crippen molar-refractivity contribution in [1.82, 2.24) is 4.90 Å². The Morgan fingerprint density at radius 2 is 1.87 bits per heavy atom. The van der Waals surface area contributed by atoms with Gasteiger partial charge in [-0.05, 0) is 37.1 Å². The summed E-state index contributed by atoms with van der Waals surface area (Å²) in [4.78, 5) is 6.32. The Labute approximate surface area is 176 Å². The van der Waals surface area contributed by atoms with Crippen molar-refractivity contribution in [3.63, 3.8) is 0 Å². The van der Waals surface area contributed by atoms with Gasteiger partial charge < -0.3 is 20.8 Å². The molecule has 0 aliphatic carbocycles. The highest BCUT2D eigenvalue weighted by Gasteiger charge is 2.35. The Morgan fingerprint density at radius 1 is 1.17 bits per heavy atom. The zero-order valence-electron chi connectivity index (χ0n) is 17.5. The molecule has 0 unspecified atom stereocenters. The molecule has 1 aliphatic heterocycles. The number of nitrogens with two attached hydrogens (primary N) is 1. The molecule has 2 aromatic rings. The number of nitrogens with zero attached hydrogens (tertiary/aromatic N) is 2. The van der Waals surface area contributed by atoms with Crippen molar-refractivity contribution >= 4 is 11.7 Å². The maximum Gasteiger partial charge on any atom is 0.137 e. The molecular weight excluding hydrogens is 383 g/mol. The second-order valence-electron chi connectivity index (χ2n) is 8.02. The lowest BCUT2D eigenvalue weighted by Gasteiger charge is -2.37. The van der Waals surface area contributed by atoms with Gasteiger partial charge in [-0.3, -0.25) is 10.4 Å². The number of phenols is 1. The summed E-state index contributed by atoms with van der Waals surface area (Å²) in [5.41, 5.74) is 8.78. The lowest BCUT2D eigenvalue weighted by molar-refractivity contribution is 0.0240. The number of likely N-dealkylation sites (tertiary alicyclic amines) is 1. The summed E-state index contributed by atoms with van der Waals surface area (Å²) in [6.45, 7) is 4.39. The summed E-state index contributed by atoms with van der Waals surface area (Å²) in [6, 6.07) is 11.0. The summed E-state index contributed by atoms with van der Waals surface area (Å²) in [6.07, 6.45) is 0.383. The van der Waals surface area contributed by atoms with Gasteiger partial charge in [0.25, 0.3) is 0 Å². The molecule has 160 valence electrons. The van der Waals surface area contributed by atoms with Crippen LogP contribution in [-0.2, 0) is 6.54 Å². The summed E-state index contributed by atoms with van der Waals surface area (Å²) in [5.74, 6) is 0.852. The highest BCUT2D eigenvalue weighted by atomic mass is 19.1. The molecule has 1 saturated heterocycles. The van der Waals surface area contributed by atoms with Crippen molar-refractivity contribution in [3.8, 4) is 5.75 Å². The van der Waals surface area contributed by atoms with Gasteiger partial charge in [-0.2, -0.15) is 0 Å². The van der Waals surface area contributed by atoms with E-state index in [4.69, 9.17) is 11.1 Å². The maximum atomic E-state index is 14.3. The van der Waals surface area contributed by atoms with E-state index in [1.807, 2.05) is 43.0 Å². The van der Waals surface area contributed by atoms with Gasteiger partial charge in [0.1, 0.15) is 23.1 Å². The van der Waals surface area contributed by atoms with Crippen LogP contribution in [0, 0.1) is 19.3 Å². The van der Waals surface area contributed by atoms with E-state index >= 15 is 0 Å². The van der Waals surface area contributed by atoms with Crippen LogP contribution in [0.5, 0.6) is 5.75 Å². The molecule has 0 saturated carbocycles. The molecule has 2 aromatic carbocycles. The molecule has 1 aliphatic rings. The second-order valence-corrected chi connectivity index (χ2v) is 8.02. The van der Waals surface area contributed by atoms with Gasteiger partial charge in [-0.15, -0.1) is 0 Å². The van der Waals surface area contributed by atoms with Crippen LogP contribution in [0.25, 0.3) is 0 Å². The van der Waals surface area contributed by atoms with E-state index in [-0.39, 0.29) is 24.4 Å². The third kappa shape index (κ3) is 4.79. The molecule has 5 N–H and O–H groups in total. The average Bonchev–Trinajstić information content (AvgIpc) is 2.74. The molecular formula is C23H29FN4O2. The Balaban J connectivity index is 1.82. The van der Waals surface area contributed by atoms with E-state index in [9.17, 15) is 14.6 Å². The number of benzene rings is 2. The minimum Gasteiger partial charge on any atom is -0.508 e. The lowest BCUT2D eigenvalue weighted by Crippen LogP contribution is -2.46. The number of aryl methyl sites for hydroxylation is 2. The van der Waals surface area contributed by atoms with Gasteiger partial charge in [0, 0.05) is 37.1 Å². The number of aromatic hydroxyl groups is 1. The summed E-state index contributed by atoms with van der Waals surface area (Å²) < 4.78 is 14.3. The zero-order valence-corrected chi connectivity index (χ0v) is 17.5. The van der Waals surface area contributed by atoms with Gasteiger partial charge in [-0.25, -0.2) is 4.39 Å². The van der Waals surface area contributed by atoms with E-state index < -0.39 is 12.3 Å². The highest BCUT2D eigenvalue weighted by molar-refractivity contribution is 6.09. The number of aliphatic hydroxyl groups excluding tert-OH is 1. The summed E-state index contributed by atoms with van der Waals surface area (Å²) in [5, 5.41) is 27.6. The molecule has 1 heterocycles. The third-order valence-corrected chi connectivity index (χ3v) is 5.66. The predicted molar refractivity (Wildman–Crippen MR) is 117 cm³/mol. The van der Waals surface area contributed by atoms with Crippen LogP contribution in [-0.4, -0.2) is 52.1 Å². The van der Waals surface area contributed by atoms with E-state index in [1.165, 1.54) is 0 Å². The standard InChI is InChI=1S/C23H29FN4O2/c1-15-3-5-18(22(26)28-9-7-23(24,14-29)8-10-28)19(11-15)21(25)27-13-17-4-6-20(30)16(2)12-17/h3-6,11-12,26,29-30H,7-10,13-14H2,1-2H3,(H2,25,27). The molecule has 0 radical (unpaired) electrons. The topological polar surface area (TPSA) is 106 Å². The number of amidine groups is 2. The fourth-order valence-electron chi connectivity index (χ4n) is 3.61. The van der Waals surface area contributed by atoms with Crippen LogP contribution in [0.1, 0.15) is 40.7 Å². The molecule has 7 heteroatoms. The van der Waals surface area contributed by atoms with Crippen molar-refractivity contribution in [2.24, 2.45) is 10.7 Å². The first-order valence-electron chi connectivity index (χ1n) is 10.1. The monoisotopic (exact) mass is 412 g/mol.